The Bertz CT molecular complexity index is 349. The maximum atomic E-state index is 11.5. The van der Waals surface area contributed by atoms with Crippen LogP contribution in [0.5, 0.6) is 0 Å². The van der Waals surface area contributed by atoms with Gasteiger partial charge < -0.3 is 15.2 Å². The van der Waals surface area contributed by atoms with Crippen molar-refractivity contribution in [2.75, 3.05) is 6.61 Å². The van der Waals surface area contributed by atoms with Crippen LogP contribution >= 0.6 is 0 Å². The minimum absolute atomic E-state index is 0.0397. The second kappa shape index (κ2) is 9.13. The van der Waals surface area contributed by atoms with Gasteiger partial charge in [0, 0.05) is 12.5 Å². The lowest BCUT2D eigenvalue weighted by atomic mass is 10.1. The maximum absolute atomic E-state index is 11.5. The van der Waals surface area contributed by atoms with E-state index in [2.05, 4.69) is 10.1 Å². The molecular weight excluding hydrogens is 250 g/mol. The Labute approximate surface area is 112 Å². The predicted molar refractivity (Wildman–Crippen MR) is 69.4 cm³/mol. The van der Waals surface area contributed by atoms with Gasteiger partial charge in [0.2, 0.25) is 5.91 Å². The molecule has 1 atom stereocenters. The van der Waals surface area contributed by atoms with Gasteiger partial charge in [-0.1, -0.05) is 19.9 Å². The Balaban J connectivity index is 4.31. The van der Waals surface area contributed by atoms with E-state index in [1.54, 1.807) is 6.92 Å². The molecule has 0 aliphatic rings. The molecule has 0 fully saturated rings. The molecule has 19 heavy (non-hydrogen) atoms. The first-order chi connectivity index (χ1) is 8.86. The molecule has 0 heterocycles. The van der Waals surface area contributed by atoms with Crippen LogP contribution in [0, 0.1) is 5.92 Å². The van der Waals surface area contributed by atoms with Gasteiger partial charge in [-0.25, -0.2) is 9.59 Å². The Hall–Kier alpha value is -1.85. The molecule has 0 aromatic heterocycles. The number of carbonyl (C=O) groups excluding carboxylic acids is 2. The number of aliphatic carboxylic acids is 1. The molecule has 6 nitrogen and oxygen atoms in total. The number of rotatable bonds is 8. The van der Waals surface area contributed by atoms with Crippen molar-refractivity contribution in [2.24, 2.45) is 5.92 Å². The van der Waals surface area contributed by atoms with Crippen LogP contribution in [0.2, 0.25) is 0 Å². The van der Waals surface area contributed by atoms with Gasteiger partial charge in [0.15, 0.2) is 0 Å². The lowest BCUT2D eigenvalue weighted by molar-refractivity contribution is -0.142. The lowest BCUT2D eigenvalue weighted by Crippen LogP contribution is -2.40. The SMILES string of the molecule is CCOC(=O)/C=C/C[C@H](NC(=O)CC(C)C)C(=O)O. The molecule has 0 saturated carbocycles. The third-order valence-corrected chi connectivity index (χ3v) is 2.14. The van der Waals surface area contributed by atoms with Crippen molar-refractivity contribution >= 4 is 17.8 Å². The van der Waals surface area contributed by atoms with E-state index in [1.807, 2.05) is 13.8 Å². The standard InChI is InChI=1S/C13H21NO5/c1-4-19-12(16)7-5-6-10(13(17)18)14-11(15)8-9(2)3/h5,7,9-10H,4,6,8H2,1-3H3,(H,14,15)(H,17,18)/b7-5+/t10-/m0/s1. The molecule has 0 bridgehead atoms. The van der Waals surface area contributed by atoms with Gasteiger partial charge >= 0.3 is 11.9 Å². The molecule has 0 saturated heterocycles. The number of hydrogen-bond acceptors (Lipinski definition) is 4. The van der Waals surface area contributed by atoms with Crippen molar-refractivity contribution in [3.8, 4) is 0 Å². The fourth-order valence-electron chi connectivity index (χ4n) is 1.34. The third kappa shape index (κ3) is 8.82. The van der Waals surface area contributed by atoms with E-state index in [4.69, 9.17) is 5.11 Å². The molecular formula is C13H21NO5. The molecule has 0 aromatic rings. The van der Waals surface area contributed by atoms with Crippen LogP contribution in [-0.2, 0) is 19.1 Å². The van der Waals surface area contributed by atoms with E-state index >= 15 is 0 Å². The highest BCUT2D eigenvalue weighted by atomic mass is 16.5. The van der Waals surface area contributed by atoms with Crippen LogP contribution in [0.1, 0.15) is 33.6 Å². The largest absolute Gasteiger partial charge is 0.480 e. The Morgan fingerprint density at radius 1 is 1.32 bits per heavy atom. The minimum Gasteiger partial charge on any atom is -0.480 e. The van der Waals surface area contributed by atoms with Crippen molar-refractivity contribution in [3.05, 3.63) is 12.2 Å². The number of carbonyl (C=O) groups is 3. The molecule has 0 aliphatic heterocycles. The van der Waals surface area contributed by atoms with Crippen molar-refractivity contribution in [1.29, 1.82) is 0 Å². The van der Waals surface area contributed by atoms with Gasteiger partial charge in [0.1, 0.15) is 6.04 Å². The topological polar surface area (TPSA) is 92.7 Å². The van der Waals surface area contributed by atoms with Gasteiger partial charge in [0.05, 0.1) is 6.61 Å². The molecule has 108 valence electrons. The monoisotopic (exact) mass is 271 g/mol. The van der Waals surface area contributed by atoms with E-state index in [0.29, 0.717) is 0 Å². The molecule has 6 heteroatoms. The second-order valence-corrected chi connectivity index (χ2v) is 4.45. The van der Waals surface area contributed by atoms with Gasteiger partial charge in [0.25, 0.3) is 0 Å². The summed E-state index contributed by atoms with van der Waals surface area (Å²) in [5.41, 5.74) is 0. The number of ether oxygens (including phenoxy) is 1. The molecule has 0 radical (unpaired) electrons. The fraction of sp³-hybridized carbons (Fsp3) is 0.615. The molecule has 2 N–H and O–H groups in total. The summed E-state index contributed by atoms with van der Waals surface area (Å²) in [5.74, 6) is -1.82. The molecule has 0 unspecified atom stereocenters. The van der Waals surface area contributed by atoms with Crippen molar-refractivity contribution in [2.45, 2.75) is 39.7 Å². The normalized spacial score (nSPS) is 12.4. The quantitative estimate of drug-likeness (QED) is 0.509. The Morgan fingerprint density at radius 2 is 1.95 bits per heavy atom. The van der Waals surface area contributed by atoms with Gasteiger partial charge in [-0.05, 0) is 19.3 Å². The Morgan fingerprint density at radius 3 is 2.42 bits per heavy atom. The summed E-state index contributed by atoms with van der Waals surface area (Å²) in [6, 6.07) is -1.03. The summed E-state index contributed by atoms with van der Waals surface area (Å²) in [6.07, 6.45) is 2.85. The van der Waals surface area contributed by atoms with Crippen LogP contribution in [0.4, 0.5) is 0 Å². The van der Waals surface area contributed by atoms with Crippen LogP contribution < -0.4 is 5.32 Å². The smallest absolute Gasteiger partial charge is 0.330 e. The Kier molecular flexibility index (Phi) is 8.24. The summed E-state index contributed by atoms with van der Waals surface area (Å²) < 4.78 is 4.66. The van der Waals surface area contributed by atoms with E-state index in [9.17, 15) is 14.4 Å². The van der Waals surface area contributed by atoms with E-state index in [1.165, 1.54) is 6.08 Å². The first-order valence-corrected chi connectivity index (χ1v) is 6.22. The zero-order valence-corrected chi connectivity index (χ0v) is 11.5. The number of carboxylic acid groups (broad SMARTS) is 1. The zero-order chi connectivity index (χ0) is 14.8. The number of hydrogen-bond donors (Lipinski definition) is 2. The highest BCUT2D eigenvalue weighted by molar-refractivity contribution is 5.84. The second-order valence-electron chi connectivity index (χ2n) is 4.45. The third-order valence-electron chi connectivity index (χ3n) is 2.14. The van der Waals surface area contributed by atoms with E-state index in [0.717, 1.165) is 6.08 Å². The number of esters is 1. The molecule has 1 amide bonds. The van der Waals surface area contributed by atoms with Crippen molar-refractivity contribution < 1.29 is 24.2 Å². The van der Waals surface area contributed by atoms with Crippen LogP contribution in [0.15, 0.2) is 12.2 Å². The van der Waals surface area contributed by atoms with Crippen LogP contribution in [0.25, 0.3) is 0 Å². The highest BCUT2D eigenvalue weighted by Gasteiger charge is 2.18. The van der Waals surface area contributed by atoms with Gasteiger partial charge in [-0.15, -0.1) is 0 Å². The summed E-state index contributed by atoms with van der Waals surface area (Å²) in [7, 11) is 0. The molecule has 0 spiro atoms. The summed E-state index contributed by atoms with van der Waals surface area (Å²) in [6.45, 7) is 5.68. The average molecular weight is 271 g/mol. The minimum atomic E-state index is -1.13. The molecule has 0 aromatic carbocycles. The van der Waals surface area contributed by atoms with Crippen molar-refractivity contribution in [1.82, 2.24) is 5.32 Å². The number of nitrogens with one attached hydrogen (secondary N) is 1. The maximum Gasteiger partial charge on any atom is 0.330 e. The number of amides is 1. The van der Waals surface area contributed by atoms with E-state index in [-0.39, 0.29) is 31.3 Å². The van der Waals surface area contributed by atoms with Gasteiger partial charge in [-0.3, -0.25) is 4.79 Å². The first kappa shape index (κ1) is 17.2. The van der Waals surface area contributed by atoms with Gasteiger partial charge in [-0.2, -0.15) is 0 Å². The highest BCUT2D eigenvalue weighted by Crippen LogP contribution is 2.01. The summed E-state index contributed by atoms with van der Waals surface area (Å²) in [4.78, 5) is 33.5. The zero-order valence-electron chi connectivity index (χ0n) is 11.5. The molecule has 0 rings (SSSR count). The fourth-order valence-corrected chi connectivity index (χ4v) is 1.34. The number of carboxylic acids is 1. The lowest BCUT2D eigenvalue weighted by Gasteiger charge is -2.13. The summed E-state index contributed by atoms with van der Waals surface area (Å²) >= 11 is 0. The van der Waals surface area contributed by atoms with Crippen molar-refractivity contribution in [3.63, 3.8) is 0 Å². The van der Waals surface area contributed by atoms with E-state index < -0.39 is 18.0 Å². The first-order valence-electron chi connectivity index (χ1n) is 6.22. The molecule has 0 aliphatic carbocycles. The van der Waals surface area contributed by atoms with Crippen LogP contribution in [0.3, 0.4) is 0 Å². The summed E-state index contributed by atoms with van der Waals surface area (Å²) in [5, 5.41) is 11.4. The van der Waals surface area contributed by atoms with Crippen LogP contribution in [-0.4, -0.2) is 35.6 Å². The predicted octanol–water partition coefficient (Wildman–Crippen LogP) is 1.11. The average Bonchev–Trinajstić information content (AvgIpc) is 2.26.